The topological polar surface area (TPSA) is 139 Å². The Morgan fingerprint density at radius 2 is 1.89 bits per heavy atom. The lowest BCUT2D eigenvalue weighted by Crippen LogP contribution is -2.45. The van der Waals surface area contributed by atoms with Crippen LogP contribution in [0.2, 0.25) is 0 Å². The fourth-order valence-electron chi connectivity index (χ4n) is 4.94. The Morgan fingerprint density at radius 1 is 1.23 bits per heavy atom. The predicted molar refractivity (Wildman–Crippen MR) is 151 cm³/mol. The van der Waals surface area contributed by atoms with Crippen LogP contribution in [-0.2, 0) is 27.8 Å². The van der Waals surface area contributed by atoms with E-state index in [9.17, 15) is 49.1 Å². The van der Waals surface area contributed by atoms with Crippen molar-refractivity contribution >= 4 is 27.3 Å². The normalized spacial score (nSPS) is 18.3. The number of thiazole rings is 1. The number of benzene rings is 1. The summed E-state index contributed by atoms with van der Waals surface area (Å²) in [6, 6.07) is -2.02. The molecule has 0 bridgehead atoms. The van der Waals surface area contributed by atoms with E-state index < -0.39 is 93.2 Å². The van der Waals surface area contributed by atoms with Crippen LogP contribution in [-0.4, -0.2) is 70.2 Å². The molecular formula is C27H29F8N5O5S2. The van der Waals surface area contributed by atoms with Crippen LogP contribution in [0.1, 0.15) is 64.1 Å². The molecule has 3 aromatic rings. The Morgan fingerprint density at radius 3 is 2.43 bits per heavy atom. The van der Waals surface area contributed by atoms with Crippen LogP contribution in [0, 0.1) is 11.2 Å². The first-order valence-corrected chi connectivity index (χ1v) is 16.2. The van der Waals surface area contributed by atoms with Crippen molar-refractivity contribution in [3.63, 3.8) is 0 Å². The minimum atomic E-state index is -5.30. The highest BCUT2D eigenvalue weighted by Crippen LogP contribution is 2.43. The summed E-state index contributed by atoms with van der Waals surface area (Å²) in [4.78, 5) is 19.6. The number of hydrogen-bond acceptors (Lipinski definition) is 9. The van der Waals surface area contributed by atoms with Gasteiger partial charge in [-0.15, -0.1) is 11.3 Å². The Hall–Kier alpha value is -3.23. The highest BCUT2D eigenvalue weighted by molar-refractivity contribution is 7.89. The molecule has 1 aliphatic rings. The molecular weight excluding hydrogens is 690 g/mol. The summed E-state index contributed by atoms with van der Waals surface area (Å²) in [7, 11) is -5.30. The molecule has 2 atom stereocenters. The molecule has 10 nitrogen and oxygen atoms in total. The molecule has 20 heteroatoms. The number of sulfonamides is 1. The van der Waals surface area contributed by atoms with Gasteiger partial charge < -0.3 is 9.63 Å². The smallest absolute Gasteiger partial charge is 0.404 e. The lowest BCUT2D eigenvalue weighted by molar-refractivity contribution is -0.151. The zero-order valence-electron chi connectivity index (χ0n) is 25.1. The van der Waals surface area contributed by atoms with Crippen LogP contribution in [0.4, 0.5) is 35.1 Å². The van der Waals surface area contributed by atoms with Crippen molar-refractivity contribution in [2.24, 2.45) is 5.41 Å². The van der Waals surface area contributed by atoms with Crippen LogP contribution in [0.15, 0.2) is 21.6 Å². The van der Waals surface area contributed by atoms with Crippen LogP contribution in [0.3, 0.4) is 0 Å². The molecule has 2 aromatic heterocycles. The third-order valence-corrected chi connectivity index (χ3v) is 10.1. The van der Waals surface area contributed by atoms with Gasteiger partial charge in [0.15, 0.2) is 10.8 Å². The summed E-state index contributed by atoms with van der Waals surface area (Å²) in [6.07, 6.45) is -10.2. The van der Waals surface area contributed by atoms with Gasteiger partial charge in [-0.05, 0) is 33.3 Å². The number of alkyl halides is 7. The average molecular weight is 720 g/mol. The van der Waals surface area contributed by atoms with Crippen molar-refractivity contribution in [1.82, 2.24) is 24.7 Å². The van der Waals surface area contributed by atoms with Crippen molar-refractivity contribution in [1.29, 1.82) is 0 Å². The van der Waals surface area contributed by atoms with Gasteiger partial charge in [-0.2, -0.15) is 22.9 Å². The first kappa shape index (κ1) is 36.6. The van der Waals surface area contributed by atoms with E-state index in [0.717, 1.165) is 13.0 Å². The van der Waals surface area contributed by atoms with Crippen molar-refractivity contribution in [3.8, 4) is 21.3 Å². The Balaban J connectivity index is 1.84. The van der Waals surface area contributed by atoms with Gasteiger partial charge in [0.2, 0.25) is 21.7 Å². The first-order valence-electron chi connectivity index (χ1n) is 13.9. The van der Waals surface area contributed by atoms with Crippen LogP contribution in [0.5, 0.6) is 0 Å². The Labute approximate surface area is 267 Å². The molecule has 3 heterocycles. The lowest BCUT2D eigenvalue weighted by Gasteiger charge is -2.21. The maximum atomic E-state index is 15.7. The number of hydrogen-bond donors (Lipinski definition) is 2. The summed E-state index contributed by atoms with van der Waals surface area (Å²) < 4.78 is 145. The number of carboxylic acids is 1. The molecule has 1 aliphatic heterocycles. The minimum Gasteiger partial charge on any atom is -0.481 e. The minimum absolute atomic E-state index is 0.105. The monoisotopic (exact) mass is 719 g/mol. The van der Waals surface area contributed by atoms with E-state index in [4.69, 9.17) is 4.52 Å². The third-order valence-electron chi connectivity index (χ3n) is 7.53. The number of aliphatic carboxylic acids is 1. The van der Waals surface area contributed by atoms with Gasteiger partial charge in [0.1, 0.15) is 10.9 Å². The SMILES string of the molecule is CC[C@H](NS(=O)(=O)c1ccc(-c2sc(-c3noc(CC(C)(C)C(=O)O)n3)nc2CN2CC(F)(F)C[C@@H]2C)c(C(F)F)c1F)C(F)(F)F. The van der Waals surface area contributed by atoms with Crippen LogP contribution >= 0.6 is 11.3 Å². The molecule has 260 valence electrons. The maximum Gasteiger partial charge on any atom is 0.404 e. The molecule has 0 unspecified atom stereocenters. The summed E-state index contributed by atoms with van der Waals surface area (Å²) in [6.45, 7) is 4.26. The standard InChI is InChI=1S/C27H29F8N5O5S2/c1-5-16(27(33,34)35)39-47(43,44)15-7-6-13(18(19(15)28)21(29)30)20-14(10-40-11-26(31,32)8-12(40)2)36-23(46-20)22-37-17(45-38-22)9-25(3,4)24(41)42/h6-7,12,16,21,39H,5,8-11H2,1-4H3,(H,41,42)/t12-,16-/m0/s1. The molecule has 1 fully saturated rings. The third kappa shape index (κ3) is 7.92. The van der Waals surface area contributed by atoms with Gasteiger partial charge in [0.25, 0.3) is 12.3 Å². The average Bonchev–Trinajstić information content (AvgIpc) is 3.62. The zero-order valence-corrected chi connectivity index (χ0v) is 26.8. The highest BCUT2D eigenvalue weighted by atomic mass is 32.2. The number of rotatable bonds is 12. The number of carbonyl (C=O) groups is 1. The second kappa shape index (κ2) is 13.0. The quantitative estimate of drug-likeness (QED) is 0.203. The molecule has 0 spiro atoms. The van der Waals surface area contributed by atoms with E-state index in [2.05, 4.69) is 15.1 Å². The van der Waals surface area contributed by atoms with Gasteiger partial charge in [0, 0.05) is 31.0 Å². The van der Waals surface area contributed by atoms with Gasteiger partial charge >= 0.3 is 12.1 Å². The van der Waals surface area contributed by atoms with E-state index in [1.807, 2.05) is 0 Å². The van der Waals surface area contributed by atoms with E-state index in [-0.39, 0.29) is 40.3 Å². The van der Waals surface area contributed by atoms with Crippen molar-refractivity contribution in [2.75, 3.05) is 6.54 Å². The molecule has 1 saturated heterocycles. The zero-order chi connectivity index (χ0) is 35.3. The fraction of sp³-hybridized carbons (Fsp3) is 0.556. The first-order chi connectivity index (χ1) is 21.6. The number of carboxylic acid groups (broad SMARTS) is 1. The summed E-state index contributed by atoms with van der Waals surface area (Å²) in [5.41, 5.74) is -3.49. The van der Waals surface area contributed by atoms with E-state index in [1.54, 1.807) is 0 Å². The van der Waals surface area contributed by atoms with Gasteiger partial charge in [-0.1, -0.05) is 18.1 Å². The molecule has 2 N–H and O–H groups in total. The van der Waals surface area contributed by atoms with Crippen molar-refractivity contribution in [3.05, 3.63) is 35.1 Å². The molecule has 0 radical (unpaired) electrons. The maximum absolute atomic E-state index is 15.7. The molecule has 47 heavy (non-hydrogen) atoms. The van der Waals surface area contributed by atoms with E-state index in [1.165, 1.54) is 30.4 Å². The van der Waals surface area contributed by atoms with Gasteiger partial charge in [-0.25, -0.2) is 35.4 Å². The second-order valence-corrected chi connectivity index (χ2v) is 14.4. The highest BCUT2D eigenvalue weighted by Gasteiger charge is 2.44. The van der Waals surface area contributed by atoms with Crippen LogP contribution in [0.25, 0.3) is 21.3 Å². The largest absolute Gasteiger partial charge is 0.481 e. The summed E-state index contributed by atoms with van der Waals surface area (Å²) >= 11 is 0.619. The molecule has 0 amide bonds. The lowest BCUT2D eigenvalue weighted by atomic mass is 9.90. The predicted octanol–water partition coefficient (Wildman–Crippen LogP) is 6.44. The summed E-state index contributed by atoms with van der Waals surface area (Å²) in [5, 5.41) is 13.1. The Kier molecular flexibility index (Phi) is 10.1. The number of nitrogens with one attached hydrogen (secondary N) is 1. The second-order valence-electron chi connectivity index (χ2n) is 11.7. The van der Waals surface area contributed by atoms with E-state index in [0.29, 0.717) is 17.4 Å². The van der Waals surface area contributed by atoms with Crippen LogP contribution < -0.4 is 4.72 Å². The number of halogens is 8. The number of aromatic nitrogens is 3. The summed E-state index contributed by atoms with van der Waals surface area (Å²) in [5.74, 6) is -6.60. The molecule has 0 aliphatic carbocycles. The van der Waals surface area contributed by atoms with Crippen molar-refractivity contribution < 1.29 is 58.0 Å². The Bertz CT molecular complexity index is 1740. The van der Waals surface area contributed by atoms with Gasteiger partial charge in [-0.3, -0.25) is 9.69 Å². The molecule has 4 rings (SSSR count). The number of likely N-dealkylation sites (tertiary alicyclic amines) is 1. The molecule has 1 aromatic carbocycles. The van der Waals surface area contributed by atoms with Crippen molar-refractivity contribution in [2.45, 2.75) is 89.0 Å². The van der Waals surface area contributed by atoms with E-state index >= 15 is 4.39 Å². The number of nitrogens with zero attached hydrogens (tertiary/aromatic N) is 4. The fourth-order valence-corrected chi connectivity index (χ4v) is 7.37. The van der Waals surface area contributed by atoms with Gasteiger partial charge in [0.05, 0.1) is 28.1 Å². The molecule has 0 saturated carbocycles.